The Kier molecular flexibility index (Phi) is 5.88. The summed E-state index contributed by atoms with van der Waals surface area (Å²) in [6.07, 6.45) is 0. The van der Waals surface area contributed by atoms with Crippen molar-refractivity contribution in [3.05, 3.63) is 31.8 Å². The molecule has 1 aromatic rings. The Balaban J connectivity index is 3.04. The van der Waals surface area contributed by atoms with Crippen molar-refractivity contribution in [2.75, 3.05) is 13.2 Å². The summed E-state index contributed by atoms with van der Waals surface area (Å²) in [5.74, 6) is -0.0561. The van der Waals surface area contributed by atoms with E-state index in [1.54, 1.807) is 4.90 Å². The smallest absolute Gasteiger partial charge is 0.255 e. The molecule has 0 radical (unpaired) electrons. The summed E-state index contributed by atoms with van der Waals surface area (Å²) >= 11 is 5.56. The van der Waals surface area contributed by atoms with E-state index in [1.807, 2.05) is 32.0 Å². The minimum absolute atomic E-state index is 0.0224. The molecule has 5 heteroatoms. The molecule has 0 spiro atoms. The molecule has 0 atom stereocenters. The highest BCUT2D eigenvalue weighted by Gasteiger charge is 2.20. The van der Waals surface area contributed by atoms with Crippen LogP contribution in [0.1, 0.15) is 24.2 Å². The lowest BCUT2D eigenvalue weighted by Gasteiger charge is -2.26. The molecule has 0 aliphatic rings. The van der Waals surface area contributed by atoms with Crippen LogP contribution in [-0.4, -0.2) is 35.1 Å². The Labute approximate surface area is 123 Å². The third kappa shape index (κ3) is 3.93. The van der Waals surface area contributed by atoms with Gasteiger partial charge in [-0.1, -0.05) is 0 Å². The number of aliphatic hydroxyl groups is 1. The quantitative estimate of drug-likeness (QED) is 0.774. The Morgan fingerprint density at radius 3 is 2.71 bits per heavy atom. The summed E-state index contributed by atoms with van der Waals surface area (Å²) in [6.45, 7) is 4.21. The zero-order valence-electron chi connectivity index (χ0n) is 9.78. The number of rotatable bonds is 4. The summed E-state index contributed by atoms with van der Waals surface area (Å²) < 4.78 is 1.80. The Hall–Kier alpha value is -0.140. The van der Waals surface area contributed by atoms with Crippen LogP contribution < -0.4 is 0 Å². The minimum atomic E-state index is -0.0561. The van der Waals surface area contributed by atoms with Crippen LogP contribution >= 0.6 is 38.5 Å². The van der Waals surface area contributed by atoms with Crippen LogP contribution in [0.5, 0.6) is 0 Å². The molecule has 0 fully saturated rings. The fraction of sp³-hybridized carbons (Fsp3) is 0.417. The number of hydrogen-bond donors (Lipinski definition) is 1. The van der Waals surface area contributed by atoms with Gasteiger partial charge in [0, 0.05) is 20.6 Å². The molecule has 0 saturated carbocycles. The fourth-order valence-corrected chi connectivity index (χ4v) is 2.43. The molecular formula is C12H15BrINO2. The molecule has 3 nitrogen and oxygen atoms in total. The zero-order chi connectivity index (χ0) is 13.0. The van der Waals surface area contributed by atoms with Gasteiger partial charge in [-0.15, -0.1) is 0 Å². The van der Waals surface area contributed by atoms with E-state index in [2.05, 4.69) is 38.5 Å². The van der Waals surface area contributed by atoms with Crippen molar-refractivity contribution in [2.24, 2.45) is 0 Å². The number of halogens is 2. The highest BCUT2D eigenvalue weighted by atomic mass is 127. The first-order chi connectivity index (χ1) is 7.97. The van der Waals surface area contributed by atoms with Gasteiger partial charge in [0.1, 0.15) is 0 Å². The molecule has 94 valence electrons. The molecule has 0 aliphatic carbocycles. The van der Waals surface area contributed by atoms with Crippen molar-refractivity contribution in [1.82, 2.24) is 4.90 Å². The van der Waals surface area contributed by atoms with E-state index in [4.69, 9.17) is 5.11 Å². The second-order valence-corrected chi connectivity index (χ2v) is 6.04. The highest BCUT2D eigenvalue weighted by molar-refractivity contribution is 14.1. The number of nitrogens with zero attached hydrogens (tertiary/aromatic N) is 1. The van der Waals surface area contributed by atoms with Crippen LogP contribution in [-0.2, 0) is 0 Å². The van der Waals surface area contributed by atoms with Crippen LogP contribution in [0.25, 0.3) is 0 Å². The fourth-order valence-electron chi connectivity index (χ4n) is 1.52. The third-order valence-electron chi connectivity index (χ3n) is 2.38. The van der Waals surface area contributed by atoms with Crippen LogP contribution in [0.2, 0.25) is 0 Å². The number of aliphatic hydroxyl groups excluding tert-OH is 1. The molecule has 17 heavy (non-hydrogen) atoms. The van der Waals surface area contributed by atoms with Gasteiger partial charge in [-0.2, -0.15) is 0 Å². The van der Waals surface area contributed by atoms with E-state index in [1.165, 1.54) is 0 Å². The van der Waals surface area contributed by atoms with Gasteiger partial charge >= 0.3 is 0 Å². The molecule has 0 heterocycles. The van der Waals surface area contributed by atoms with E-state index >= 15 is 0 Å². The van der Waals surface area contributed by atoms with Crippen molar-refractivity contribution in [3.63, 3.8) is 0 Å². The van der Waals surface area contributed by atoms with Crippen molar-refractivity contribution in [2.45, 2.75) is 19.9 Å². The molecule has 0 saturated heterocycles. The molecule has 1 aromatic carbocycles. The molecule has 1 rings (SSSR count). The molecule has 1 N–H and O–H groups in total. The van der Waals surface area contributed by atoms with Crippen molar-refractivity contribution in [1.29, 1.82) is 0 Å². The topological polar surface area (TPSA) is 40.5 Å². The molecule has 0 aromatic heterocycles. The summed E-state index contributed by atoms with van der Waals surface area (Å²) in [5.41, 5.74) is 0.638. The van der Waals surface area contributed by atoms with Crippen LogP contribution in [0.3, 0.4) is 0 Å². The first kappa shape index (κ1) is 14.9. The number of benzene rings is 1. The predicted octanol–water partition coefficient (Wildman–Crippen LogP) is 2.90. The SMILES string of the molecule is CC(C)N(CCO)C(=O)c1cc(I)ccc1Br. The summed E-state index contributed by atoms with van der Waals surface area (Å²) in [4.78, 5) is 14.0. The molecule has 0 unspecified atom stereocenters. The van der Waals surface area contributed by atoms with Gasteiger partial charge in [0.15, 0.2) is 0 Å². The first-order valence-corrected chi connectivity index (χ1v) is 7.21. The van der Waals surface area contributed by atoms with Gasteiger partial charge in [0.2, 0.25) is 0 Å². The average Bonchev–Trinajstić information content (AvgIpc) is 2.28. The molecule has 0 bridgehead atoms. The first-order valence-electron chi connectivity index (χ1n) is 5.34. The Bertz CT molecular complexity index is 409. The zero-order valence-corrected chi connectivity index (χ0v) is 13.5. The lowest BCUT2D eigenvalue weighted by Crippen LogP contribution is -2.39. The van der Waals surface area contributed by atoms with E-state index in [-0.39, 0.29) is 18.6 Å². The van der Waals surface area contributed by atoms with Crippen LogP contribution in [0.4, 0.5) is 0 Å². The normalized spacial score (nSPS) is 10.7. The van der Waals surface area contributed by atoms with Crippen molar-refractivity contribution < 1.29 is 9.90 Å². The van der Waals surface area contributed by atoms with E-state index in [9.17, 15) is 4.79 Å². The highest BCUT2D eigenvalue weighted by Crippen LogP contribution is 2.21. The second-order valence-electron chi connectivity index (χ2n) is 3.94. The minimum Gasteiger partial charge on any atom is -0.395 e. The van der Waals surface area contributed by atoms with Crippen molar-refractivity contribution in [3.8, 4) is 0 Å². The third-order valence-corrected chi connectivity index (χ3v) is 3.75. The average molecular weight is 412 g/mol. The maximum atomic E-state index is 12.3. The number of carbonyl (C=O) groups is 1. The van der Waals surface area contributed by atoms with Crippen LogP contribution in [0, 0.1) is 3.57 Å². The van der Waals surface area contributed by atoms with Gasteiger partial charge < -0.3 is 10.0 Å². The lowest BCUT2D eigenvalue weighted by atomic mass is 10.1. The standard InChI is InChI=1S/C12H15BrINO2/c1-8(2)15(5-6-16)12(17)10-7-9(14)3-4-11(10)13/h3-4,7-8,16H,5-6H2,1-2H3. The molecule has 0 aliphatic heterocycles. The Morgan fingerprint density at radius 1 is 1.53 bits per heavy atom. The van der Waals surface area contributed by atoms with Crippen molar-refractivity contribution >= 4 is 44.4 Å². The molecule has 1 amide bonds. The number of amides is 1. The van der Waals surface area contributed by atoms with E-state index in [0.717, 1.165) is 8.04 Å². The van der Waals surface area contributed by atoms with Gasteiger partial charge in [-0.3, -0.25) is 4.79 Å². The maximum Gasteiger partial charge on any atom is 0.255 e. The lowest BCUT2D eigenvalue weighted by molar-refractivity contribution is 0.0664. The van der Waals surface area contributed by atoms with Gasteiger partial charge in [0.05, 0.1) is 12.2 Å². The van der Waals surface area contributed by atoms with E-state index in [0.29, 0.717) is 12.1 Å². The number of carbonyl (C=O) groups excluding carboxylic acids is 1. The summed E-state index contributed by atoms with van der Waals surface area (Å²) in [5, 5.41) is 9.00. The maximum absolute atomic E-state index is 12.3. The van der Waals surface area contributed by atoms with Crippen LogP contribution in [0.15, 0.2) is 22.7 Å². The van der Waals surface area contributed by atoms with Gasteiger partial charge in [-0.05, 0) is 70.6 Å². The second kappa shape index (κ2) is 6.70. The Morgan fingerprint density at radius 2 is 2.18 bits per heavy atom. The molecular weight excluding hydrogens is 397 g/mol. The van der Waals surface area contributed by atoms with Gasteiger partial charge in [0.25, 0.3) is 5.91 Å². The predicted molar refractivity (Wildman–Crippen MR) is 80.1 cm³/mol. The summed E-state index contributed by atoms with van der Waals surface area (Å²) in [7, 11) is 0. The summed E-state index contributed by atoms with van der Waals surface area (Å²) in [6, 6.07) is 5.72. The van der Waals surface area contributed by atoms with Gasteiger partial charge in [-0.25, -0.2) is 0 Å². The number of hydrogen-bond acceptors (Lipinski definition) is 2. The monoisotopic (exact) mass is 411 g/mol. The van der Waals surface area contributed by atoms with E-state index < -0.39 is 0 Å². The largest absolute Gasteiger partial charge is 0.395 e.